The van der Waals surface area contributed by atoms with Gasteiger partial charge in [-0.25, -0.2) is 0 Å². The molecule has 2 rings (SSSR count). The van der Waals surface area contributed by atoms with Gasteiger partial charge in [0, 0.05) is 17.1 Å². The number of hydrogen-bond acceptors (Lipinski definition) is 2. The Balaban J connectivity index is 2.59. The van der Waals surface area contributed by atoms with Crippen LogP contribution in [0.2, 0.25) is 0 Å². The first-order chi connectivity index (χ1) is 6.68. The Kier molecular flexibility index (Phi) is 2.29. The van der Waals surface area contributed by atoms with E-state index in [0.29, 0.717) is 5.69 Å². The Morgan fingerprint density at radius 3 is 2.79 bits per heavy atom. The van der Waals surface area contributed by atoms with Gasteiger partial charge in [-0.3, -0.25) is 4.68 Å². The Morgan fingerprint density at radius 1 is 1.43 bits per heavy atom. The average Bonchev–Trinajstić information content (AvgIpc) is 2.46. The van der Waals surface area contributed by atoms with E-state index in [4.69, 9.17) is 5.73 Å². The van der Waals surface area contributed by atoms with Gasteiger partial charge >= 0.3 is 0 Å². The molecule has 0 aliphatic heterocycles. The summed E-state index contributed by atoms with van der Waals surface area (Å²) in [6.45, 7) is 0. The molecule has 1 heterocycles. The topological polar surface area (TPSA) is 43.8 Å². The summed E-state index contributed by atoms with van der Waals surface area (Å²) in [5.74, 6) is 0. The Bertz CT molecular complexity index is 443. The molecule has 0 fully saturated rings. The van der Waals surface area contributed by atoms with Gasteiger partial charge in [0.15, 0.2) is 0 Å². The van der Waals surface area contributed by atoms with Crippen molar-refractivity contribution in [1.29, 1.82) is 0 Å². The van der Waals surface area contributed by atoms with Crippen LogP contribution in [0.1, 0.15) is 0 Å². The minimum absolute atomic E-state index is 0.700. The van der Waals surface area contributed by atoms with Crippen LogP contribution in [0.4, 0.5) is 5.69 Å². The fourth-order valence-corrected chi connectivity index (χ4v) is 1.84. The van der Waals surface area contributed by atoms with E-state index in [0.717, 1.165) is 15.7 Å². The molecule has 1 aromatic carbocycles. The van der Waals surface area contributed by atoms with Crippen LogP contribution < -0.4 is 5.73 Å². The zero-order valence-electron chi connectivity index (χ0n) is 7.74. The molecule has 0 aliphatic carbocycles. The van der Waals surface area contributed by atoms with Crippen molar-refractivity contribution in [1.82, 2.24) is 9.78 Å². The summed E-state index contributed by atoms with van der Waals surface area (Å²) in [6, 6.07) is 7.99. The first kappa shape index (κ1) is 9.27. The number of nitrogens with zero attached hydrogens (tertiary/aromatic N) is 2. The van der Waals surface area contributed by atoms with E-state index < -0.39 is 0 Å². The molecule has 4 heteroatoms. The smallest absolute Gasteiger partial charge is 0.0909 e. The van der Waals surface area contributed by atoms with Gasteiger partial charge in [-0.05, 0) is 12.1 Å². The van der Waals surface area contributed by atoms with Crippen molar-refractivity contribution < 1.29 is 0 Å². The molecular formula is C10H10BrN3. The second-order valence-corrected chi connectivity index (χ2v) is 4.00. The van der Waals surface area contributed by atoms with E-state index in [1.54, 1.807) is 10.9 Å². The van der Waals surface area contributed by atoms with Crippen LogP contribution in [-0.4, -0.2) is 9.78 Å². The van der Waals surface area contributed by atoms with Gasteiger partial charge in [-0.2, -0.15) is 5.10 Å². The lowest BCUT2D eigenvalue weighted by atomic mass is 10.1. The number of nitrogens with two attached hydrogens (primary N) is 1. The molecule has 1 aromatic heterocycles. The lowest BCUT2D eigenvalue weighted by Crippen LogP contribution is -1.95. The van der Waals surface area contributed by atoms with Gasteiger partial charge in [0.2, 0.25) is 0 Å². The van der Waals surface area contributed by atoms with Crippen molar-refractivity contribution in [3.05, 3.63) is 34.9 Å². The largest absolute Gasteiger partial charge is 0.396 e. The van der Waals surface area contributed by atoms with E-state index in [1.165, 1.54) is 0 Å². The molecule has 0 aliphatic rings. The third-order valence-corrected chi connectivity index (χ3v) is 2.56. The zero-order chi connectivity index (χ0) is 10.1. The van der Waals surface area contributed by atoms with E-state index in [1.807, 2.05) is 31.3 Å². The minimum Gasteiger partial charge on any atom is -0.396 e. The molecule has 0 unspecified atom stereocenters. The third kappa shape index (κ3) is 1.53. The number of aromatic nitrogens is 2. The maximum absolute atomic E-state index is 5.82. The maximum Gasteiger partial charge on any atom is 0.0909 e. The van der Waals surface area contributed by atoms with E-state index in [-0.39, 0.29) is 0 Å². The van der Waals surface area contributed by atoms with Crippen LogP contribution in [-0.2, 0) is 7.05 Å². The van der Waals surface area contributed by atoms with Crippen LogP contribution >= 0.6 is 15.9 Å². The summed E-state index contributed by atoms with van der Waals surface area (Å²) >= 11 is 3.43. The van der Waals surface area contributed by atoms with Crippen molar-refractivity contribution in [2.75, 3.05) is 5.73 Å². The number of rotatable bonds is 1. The highest BCUT2D eigenvalue weighted by Gasteiger charge is 2.07. The lowest BCUT2D eigenvalue weighted by molar-refractivity contribution is 0.776. The van der Waals surface area contributed by atoms with Gasteiger partial charge in [0.25, 0.3) is 0 Å². The molecule has 2 aromatic rings. The molecule has 14 heavy (non-hydrogen) atoms. The number of anilines is 1. The highest BCUT2D eigenvalue weighted by atomic mass is 79.9. The Labute approximate surface area is 90.7 Å². The molecule has 0 saturated heterocycles. The van der Waals surface area contributed by atoms with Gasteiger partial charge in [0.05, 0.1) is 17.6 Å². The zero-order valence-corrected chi connectivity index (χ0v) is 9.32. The summed E-state index contributed by atoms with van der Waals surface area (Å²) in [4.78, 5) is 0. The van der Waals surface area contributed by atoms with Crippen LogP contribution in [0.3, 0.4) is 0 Å². The number of nitrogen functional groups attached to an aromatic ring is 1. The summed E-state index contributed by atoms with van der Waals surface area (Å²) in [5, 5.41) is 4.10. The standard InChI is InChI=1S/C10H10BrN3/c1-14-10(9(12)6-13-14)7-3-2-4-8(11)5-7/h2-6H,12H2,1H3. The van der Waals surface area contributed by atoms with Gasteiger partial charge in [-0.1, -0.05) is 28.1 Å². The number of hydrogen-bond donors (Lipinski definition) is 1. The summed E-state index contributed by atoms with van der Waals surface area (Å²) in [6.07, 6.45) is 1.66. The predicted octanol–water partition coefficient (Wildman–Crippen LogP) is 2.43. The predicted molar refractivity (Wildman–Crippen MR) is 60.8 cm³/mol. The number of benzene rings is 1. The number of halogens is 1. The summed E-state index contributed by atoms with van der Waals surface area (Å²) in [5.41, 5.74) is 8.54. The van der Waals surface area contributed by atoms with Gasteiger partial charge < -0.3 is 5.73 Å². The first-order valence-electron chi connectivity index (χ1n) is 4.22. The molecule has 0 radical (unpaired) electrons. The highest BCUT2D eigenvalue weighted by molar-refractivity contribution is 9.10. The van der Waals surface area contributed by atoms with Crippen molar-refractivity contribution in [3.8, 4) is 11.3 Å². The lowest BCUT2D eigenvalue weighted by Gasteiger charge is -2.03. The second-order valence-electron chi connectivity index (χ2n) is 3.08. The maximum atomic E-state index is 5.82. The second kappa shape index (κ2) is 3.46. The van der Waals surface area contributed by atoms with Crippen molar-refractivity contribution >= 4 is 21.6 Å². The highest BCUT2D eigenvalue weighted by Crippen LogP contribution is 2.26. The molecule has 0 amide bonds. The van der Waals surface area contributed by atoms with Gasteiger partial charge in [-0.15, -0.1) is 0 Å². The molecule has 2 N–H and O–H groups in total. The first-order valence-corrected chi connectivity index (χ1v) is 5.01. The van der Waals surface area contributed by atoms with E-state index >= 15 is 0 Å². The van der Waals surface area contributed by atoms with Crippen molar-refractivity contribution in [2.24, 2.45) is 7.05 Å². The minimum atomic E-state index is 0.700. The van der Waals surface area contributed by atoms with Crippen molar-refractivity contribution in [3.63, 3.8) is 0 Å². The monoisotopic (exact) mass is 251 g/mol. The Hall–Kier alpha value is -1.29. The molecule has 3 nitrogen and oxygen atoms in total. The van der Waals surface area contributed by atoms with Gasteiger partial charge in [0.1, 0.15) is 0 Å². The third-order valence-electron chi connectivity index (χ3n) is 2.07. The molecule has 0 bridgehead atoms. The molecule has 0 saturated carbocycles. The molecule has 72 valence electrons. The van der Waals surface area contributed by atoms with Crippen LogP contribution in [0.25, 0.3) is 11.3 Å². The van der Waals surface area contributed by atoms with Crippen LogP contribution in [0, 0.1) is 0 Å². The SMILES string of the molecule is Cn1ncc(N)c1-c1cccc(Br)c1. The average molecular weight is 252 g/mol. The van der Waals surface area contributed by atoms with Crippen LogP contribution in [0.15, 0.2) is 34.9 Å². The van der Waals surface area contributed by atoms with E-state index in [2.05, 4.69) is 21.0 Å². The quantitative estimate of drug-likeness (QED) is 0.847. The fraction of sp³-hybridized carbons (Fsp3) is 0.100. The fourth-order valence-electron chi connectivity index (χ4n) is 1.44. The van der Waals surface area contributed by atoms with Crippen molar-refractivity contribution in [2.45, 2.75) is 0 Å². The number of aryl methyl sites for hydroxylation is 1. The molecule has 0 spiro atoms. The molecular weight excluding hydrogens is 242 g/mol. The molecule has 0 atom stereocenters. The van der Waals surface area contributed by atoms with E-state index in [9.17, 15) is 0 Å². The Morgan fingerprint density at radius 2 is 2.21 bits per heavy atom. The van der Waals surface area contributed by atoms with Crippen LogP contribution in [0.5, 0.6) is 0 Å². The summed E-state index contributed by atoms with van der Waals surface area (Å²) in [7, 11) is 1.88. The normalized spacial score (nSPS) is 10.4. The summed E-state index contributed by atoms with van der Waals surface area (Å²) < 4.78 is 2.81.